The van der Waals surface area contributed by atoms with Gasteiger partial charge in [0.2, 0.25) is 0 Å². The average molecular weight is 236 g/mol. The van der Waals surface area contributed by atoms with Crippen LogP contribution in [-0.4, -0.2) is 22.1 Å². The number of methoxy groups -OCH3 is 1. The van der Waals surface area contributed by atoms with E-state index in [9.17, 15) is 4.39 Å². The topological polar surface area (TPSA) is 66.0 Å². The van der Waals surface area contributed by atoms with E-state index in [-0.39, 0.29) is 5.82 Å². The molecule has 0 saturated carbocycles. The van der Waals surface area contributed by atoms with Crippen LogP contribution in [0.2, 0.25) is 0 Å². The van der Waals surface area contributed by atoms with Gasteiger partial charge in [-0.1, -0.05) is 11.3 Å². The van der Waals surface area contributed by atoms with E-state index in [1.807, 2.05) is 0 Å². The molecule has 0 bridgehead atoms. The van der Waals surface area contributed by atoms with E-state index < -0.39 is 0 Å². The number of hydrogen-bond donors (Lipinski definition) is 1. The molecule has 1 heterocycles. The Bertz CT molecular complexity index is 538. The lowest BCUT2D eigenvalue weighted by molar-refractivity contribution is 0.410. The Labute approximate surface area is 98.0 Å². The number of aromatic nitrogens is 3. The monoisotopic (exact) mass is 236 g/mol. The quantitative estimate of drug-likeness (QED) is 0.874. The first-order valence-corrected chi connectivity index (χ1v) is 5.10. The van der Waals surface area contributed by atoms with Crippen molar-refractivity contribution in [1.29, 1.82) is 0 Å². The molecule has 0 fully saturated rings. The van der Waals surface area contributed by atoms with Crippen molar-refractivity contribution in [1.82, 2.24) is 15.0 Å². The molecular formula is C11H13FN4O. The molecule has 0 aliphatic heterocycles. The van der Waals surface area contributed by atoms with Crippen molar-refractivity contribution >= 4 is 5.82 Å². The van der Waals surface area contributed by atoms with Gasteiger partial charge in [-0.25, -0.2) is 9.07 Å². The fourth-order valence-electron chi connectivity index (χ4n) is 1.47. The predicted molar refractivity (Wildman–Crippen MR) is 61.2 cm³/mol. The summed E-state index contributed by atoms with van der Waals surface area (Å²) < 4.78 is 20.2. The number of rotatable bonds is 3. The molecule has 6 heteroatoms. The highest BCUT2D eigenvalue weighted by Gasteiger charge is 2.09. The number of nitrogen functional groups attached to an aromatic ring is 1. The summed E-state index contributed by atoms with van der Waals surface area (Å²) >= 11 is 0. The van der Waals surface area contributed by atoms with Crippen LogP contribution >= 0.6 is 0 Å². The summed E-state index contributed by atoms with van der Waals surface area (Å²) in [6.45, 7) is 2.09. The van der Waals surface area contributed by atoms with Gasteiger partial charge in [0.25, 0.3) is 0 Å². The number of halogens is 1. The van der Waals surface area contributed by atoms with Crippen LogP contribution in [0.5, 0.6) is 5.75 Å². The predicted octanol–water partition coefficient (Wildman–Crippen LogP) is 1.36. The summed E-state index contributed by atoms with van der Waals surface area (Å²) in [5.74, 6) is 0.512. The minimum absolute atomic E-state index is 0.297. The van der Waals surface area contributed by atoms with E-state index in [1.165, 1.54) is 13.2 Å². The van der Waals surface area contributed by atoms with Crippen molar-refractivity contribution in [3.05, 3.63) is 35.3 Å². The molecule has 0 spiro atoms. The first kappa shape index (κ1) is 11.4. The van der Waals surface area contributed by atoms with Gasteiger partial charge >= 0.3 is 0 Å². The maximum atomic E-state index is 13.7. The van der Waals surface area contributed by atoms with Crippen molar-refractivity contribution in [3.63, 3.8) is 0 Å². The molecule has 2 N–H and O–H groups in total. The van der Waals surface area contributed by atoms with Crippen molar-refractivity contribution < 1.29 is 9.13 Å². The van der Waals surface area contributed by atoms with Gasteiger partial charge in [0, 0.05) is 11.6 Å². The maximum Gasteiger partial charge on any atom is 0.168 e. The zero-order valence-corrected chi connectivity index (χ0v) is 9.64. The van der Waals surface area contributed by atoms with Gasteiger partial charge in [0.1, 0.15) is 11.6 Å². The molecule has 2 rings (SSSR count). The Balaban J connectivity index is 2.27. The van der Waals surface area contributed by atoms with Gasteiger partial charge in [-0.15, -0.1) is 5.10 Å². The summed E-state index contributed by atoms with van der Waals surface area (Å²) in [5, 5.41) is 7.56. The van der Waals surface area contributed by atoms with E-state index in [0.717, 1.165) is 5.69 Å². The smallest absolute Gasteiger partial charge is 0.168 e. The summed E-state index contributed by atoms with van der Waals surface area (Å²) in [6.07, 6.45) is 0. The van der Waals surface area contributed by atoms with Gasteiger partial charge < -0.3 is 10.5 Å². The minimum Gasteiger partial charge on any atom is -0.497 e. The van der Waals surface area contributed by atoms with Gasteiger partial charge in [-0.05, 0) is 13.0 Å². The number of hydrogen-bond acceptors (Lipinski definition) is 4. The van der Waals surface area contributed by atoms with E-state index in [4.69, 9.17) is 10.5 Å². The third-order valence-electron chi connectivity index (χ3n) is 2.60. The molecule has 1 aromatic carbocycles. The largest absolute Gasteiger partial charge is 0.497 e. The standard InChI is InChI=1S/C11H13FN4O/c1-7-11(13)14-15-16(7)6-8-3-4-9(17-2)5-10(8)12/h3-5H,6,13H2,1-2H3. The molecule has 90 valence electrons. The molecule has 0 aliphatic carbocycles. The van der Waals surface area contributed by atoms with Crippen LogP contribution < -0.4 is 10.5 Å². The highest BCUT2D eigenvalue weighted by molar-refractivity contribution is 5.33. The summed E-state index contributed by atoms with van der Waals surface area (Å²) in [5.41, 5.74) is 6.80. The SMILES string of the molecule is COc1ccc(Cn2nnc(N)c2C)c(F)c1. The Morgan fingerprint density at radius 3 is 2.76 bits per heavy atom. The molecule has 0 radical (unpaired) electrons. The number of anilines is 1. The third kappa shape index (κ3) is 2.20. The zero-order valence-electron chi connectivity index (χ0n) is 9.64. The van der Waals surface area contributed by atoms with Crippen LogP contribution in [0.25, 0.3) is 0 Å². The molecule has 0 saturated heterocycles. The van der Waals surface area contributed by atoms with Gasteiger partial charge in [0.15, 0.2) is 5.82 Å². The Morgan fingerprint density at radius 1 is 1.47 bits per heavy atom. The van der Waals surface area contributed by atoms with Crippen molar-refractivity contribution in [2.24, 2.45) is 0 Å². The Morgan fingerprint density at radius 2 is 2.24 bits per heavy atom. The summed E-state index contributed by atoms with van der Waals surface area (Å²) in [4.78, 5) is 0. The van der Waals surface area contributed by atoms with Crippen LogP contribution in [0.1, 0.15) is 11.3 Å². The molecule has 0 aliphatic rings. The van der Waals surface area contributed by atoms with Crippen LogP contribution in [0.3, 0.4) is 0 Å². The zero-order chi connectivity index (χ0) is 12.4. The number of benzene rings is 1. The highest BCUT2D eigenvalue weighted by atomic mass is 19.1. The summed E-state index contributed by atoms with van der Waals surface area (Å²) in [7, 11) is 1.50. The van der Waals surface area contributed by atoms with Gasteiger partial charge in [0.05, 0.1) is 19.3 Å². The lowest BCUT2D eigenvalue weighted by Gasteiger charge is -2.06. The fourth-order valence-corrected chi connectivity index (χ4v) is 1.47. The first-order valence-electron chi connectivity index (χ1n) is 5.10. The molecule has 5 nitrogen and oxygen atoms in total. The molecule has 2 aromatic rings. The van der Waals surface area contributed by atoms with Crippen LogP contribution in [0.4, 0.5) is 10.2 Å². The van der Waals surface area contributed by atoms with Crippen molar-refractivity contribution in [2.45, 2.75) is 13.5 Å². The molecular weight excluding hydrogens is 223 g/mol. The summed E-state index contributed by atoms with van der Waals surface area (Å²) in [6, 6.07) is 4.70. The lowest BCUT2D eigenvalue weighted by Crippen LogP contribution is -2.06. The first-order chi connectivity index (χ1) is 8.11. The van der Waals surface area contributed by atoms with E-state index >= 15 is 0 Å². The van der Waals surface area contributed by atoms with Crippen LogP contribution in [0, 0.1) is 12.7 Å². The Kier molecular flexibility index (Phi) is 2.95. The Hall–Kier alpha value is -2.11. The molecule has 17 heavy (non-hydrogen) atoms. The van der Waals surface area contributed by atoms with E-state index in [2.05, 4.69) is 10.3 Å². The normalized spacial score (nSPS) is 10.5. The maximum absolute atomic E-state index is 13.7. The molecule has 0 amide bonds. The fraction of sp³-hybridized carbons (Fsp3) is 0.273. The molecule has 0 unspecified atom stereocenters. The third-order valence-corrected chi connectivity index (χ3v) is 2.60. The van der Waals surface area contributed by atoms with Crippen LogP contribution in [-0.2, 0) is 6.54 Å². The highest BCUT2D eigenvalue weighted by Crippen LogP contribution is 2.17. The number of nitrogens with two attached hydrogens (primary N) is 1. The van der Waals surface area contributed by atoms with E-state index in [1.54, 1.807) is 23.7 Å². The molecule has 0 atom stereocenters. The van der Waals surface area contributed by atoms with Gasteiger partial charge in [-0.2, -0.15) is 0 Å². The number of nitrogens with zero attached hydrogens (tertiary/aromatic N) is 3. The second-order valence-corrected chi connectivity index (χ2v) is 3.68. The van der Waals surface area contributed by atoms with Crippen molar-refractivity contribution in [3.8, 4) is 5.75 Å². The minimum atomic E-state index is -0.335. The van der Waals surface area contributed by atoms with Crippen molar-refractivity contribution in [2.75, 3.05) is 12.8 Å². The lowest BCUT2D eigenvalue weighted by atomic mass is 10.2. The second kappa shape index (κ2) is 4.40. The number of ether oxygens (including phenoxy) is 1. The second-order valence-electron chi connectivity index (χ2n) is 3.68. The molecule has 1 aromatic heterocycles. The van der Waals surface area contributed by atoms with Crippen LogP contribution in [0.15, 0.2) is 18.2 Å². The average Bonchev–Trinajstić information content (AvgIpc) is 2.63. The van der Waals surface area contributed by atoms with E-state index in [0.29, 0.717) is 23.7 Å². The van der Waals surface area contributed by atoms with Gasteiger partial charge in [-0.3, -0.25) is 0 Å².